The molecule has 3 rings (SSSR count). The zero-order chi connectivity index (χ0) is 19.4. The Bertz CT molecular complexity index is 623. The second-order valence-electron chi connectivity index (χ2n) is 7.81. The third kappa shape index (κ3) is 4.93. The van der Waals surface area contributed by atoms with Gasteiger partial charge in [0.25, 0.3) is 0 Å². The normalized spacial score (nSPS) is 21.9. The fourth-order valence-electron chi connectivity index (χ4n) is 3.77. The van der Waals surface area contributed by atoms with Gasteiger partial charge in [-0.05, 0) is 44.4 Å². The number of ether oxygens (including phenoxy) is 3. The summed E-state index contributed by atoms with van der Waals surface area (Å²) < 4.78 is 17.0. The lowest BCUT2D eigenvalue weighted by molar-refractivity contribution is -0.134. The molecule has 0 aromatic heterocycles. The Labute approximate surface area is 162 Å². The van der Waals surface area contributed by atoms with Gasteiger partial charge in [0.1, 0.15) is 11.5 Å². The summed E-state index contributed by atoms with van der Waals surface area (Å²) in [7, 11) is 3.29. The molecule has 2 aliphatic rings. The van der Waals surface area contributed by atoms with E-state index in [1.54, 1.807) is 14.2 Å². The molecule has 2 fully saturated rings. The van der Waals surface area contributed by atoms with E-state index in [9.17, 15) is 4.79 Å². The Morgan fingerprint density at radius 2 is 1.74 bits per heavy atom. The summed E-state index contributed by atoms with van der Waals surface area (Å²) in [6.07, 6.45) is 3.64. The Kier molecular flexibility index (Phi) is 6.60. The largest absolute Gasteiger partial charge is 0.497 e. The third-order valence-electron chi connectivity index (χ3n) is 5.61. The van der Waals surface area contributed by atoms with E-state index < -0.39 is 0 Å². The van der Waals surface area contributed by atoms with Crippen LogP contribution in [0.2, 0.25) is 0 Å². The van der Waals surface area contributed by atoms with Gasteiger partial charge in [0.05, 0.1) is 33.5 Å². The van der Waals surface area contributed by atoms with E-state index in [4.69, 9.17) is 14.2 Å². The molecule has 1 aromatic carbocycles. The van der Waals surface area contributed by atoms with Crippen LogP contribution >= 0.6 is 0 Å². The van der Waals surface area contributed by atoms with Crippen LogP contribution < -0.4 is 9.47 Å². The van der Waals surface area contributed by atoms with Crippen molar-refractivity contribution in [3.05, 3.63) is 23.8 Å². The highest BCUT2D eigenvalue weighted by atomic mass is 16.5. The smallest absolute Gasteiger partial charge is 0.237 e. The molecule has 27 heavy (non-hydrogen) atoms. The number of methoxy groups -OCH3 is 2. The minimum atomic E-state index is -0.00311. The quantitative estimate of drug-likeness (QED) is 0.732. The van der Waals surface area contributed by atoms with Crippen LogP contribution in [0, 0.1) is 0 Å². The van der Waals surface area contributed by atoms with E-state index in [1.165, 1.54) is 19.3 Å². The highest BCUT2D eigenvalue weighted by molar-refractivity contribution is 5.79. The number of nitrogens with zero attached hydrogens (tertiary/aromatic N) is 2. The van der Waals surface area contributed by atoms with Crippen molar-refractivity contribution in [3.63, 3.8) is 0 Å². The zero-order valence-corrected chi connectivity index (χ0v) is 16.9. The summed E-state index contributed by atoms with van der Waals surface area (Å²) >= 11 is 0. The summed E-state index contributed by atoms with van der Waals surface area (Å²) in [6, 6.07) is 6.50. The number of carbonyl (C=O) groups excluding carboxylic acids is 1. The predicted octanol–water partition coefficient (Wildman–Crippen LogP) is 2.69. The Morgan fingerprint density at radius 1 is 1.07 bits per heavy atom. The van der Waals surface area contributed by atoms with E-state index in [2.05, 4.69) is 18.7 Å². The van der Waals surface area contributed by atoms with Crippen LogP contribution in [0.1, 0.15) is 38.7 Å². The van der Waals surface area contributed by atoms with Gasteiger partial charge in [-0.3, -0.25) is 9.69 Å². The lowest BCUT2D eigenvalue weighted by Crippen LogP contribution is -2.46. The minimum Gasteiger partial charge on any atom is -0.497 e. The topological polar surface area (TPSA) is 51.2 Å². The van der Waals surface area contributed by atoms with Crippen molar-refractivity contribution in [3.8, 4) is 11.5 Å². The fraction of sp³-hybridized carbons (Fsp3) is 0.667. The van der Waals surface area contributed by atoms with Gasteiger partial charge in [-0.2, -0.15) is 0 Å². The van der Waals surface area contributed by atoms with Gasteiger partial charge < -0.3 is 19.1 Å². The molecule has 0 radical (unpaired) electrons. The molecule has 1 aliphatic carbocycles. The first-order valence-corrected chi connectivity index (χ1v) is 9.87. The Balaban J connectivity index is 1.70. The number of benzene rings is 1. The van der Waals surface area contributed by atoms with Crippen LogP contribution in [-0.2, 0) is 16.1 Å². The van der Waals surface area contributed by atoms with E-state index in [0.29, 0.717) is 25.7 Å². The molecule has 150 valence electrons. The highest BCUT2D eigenvalue weighted by Gasteiger charge is 2.34. The molecule has 6 nitrogen and oxygen atoms in total. The number of rotatable bonds is 7. The predicted molar refractivity (Wildman–Crippen MR) is 104 cm³/mol. The molecule has 6 heteroatoms. The molecular formula is C21H32N2O4. The van der Waals surface area contributed by atoms with Crippen LogP contribution in [0.4, 0.5) is 0 Å². The molecule has 0 bridgehead atoms. The Hall–Kier alpha value is -1.79. The van der Waals surface area contributed by atoms with E-state index in [0.717, 1.165) is 23.6 Å². The SMILES string of the molecule is COc1cc(COC2CN(C3CCC3)CC(=O)N(C(C)C)C2)cc(OC)c1. The monoisotopic (exact) mass is 376 g/mol. The van der Waals surface area contributed by atoms with Crippen molar-refractivity contribution >= 4 is 5.91 Å². The molecule has 0 spiro atoms. The molecule has 1 unspecified atom stereocenters. The number of amides is 1. The maximum absolute atomic E-state index is 12.7. The second kappa shape index (κ2) is 8.93. The van der Waals surface area contributed by atoms with Gasteiger partial charge in [0.2, 0.25) is 5.91 Å². The lowest BCUT2D eigenvalue weighted by Gasteiger charge is -2.37. The molecule has 1 heterocycles. The maximum Gasteiger partial charge on any atom is 0.237 e. The van der Waals surface area contributed by atoms with Gasteiger partial charge in [-0.1, -0.05) is 6.42 Å². The van der Waals surface area contributed by atoms with Crippen LogP contribution in [0.15, 0.2) is 18.2 Å². The van der Waals surface area contributed by atoms with Gasteiger partial charge >= 0.3 is 0 Å². The van der Waals surface area contributed by atoms with Gasteiger partial charge in [0, 0.05) is 31.2 Å². The molecule has 0 N–H and O–H groups in total. The van der Waals surface area contributed by atoms with Crippen LogP contribution in [0.25, 0.3) is 0 Å². The van der Waals surface area contributed by atoms with Crippen molar-refractivity contribution < 1.29 is 19.0 Å². The molecule has 1 atom stereocenters. The van der Waals surface area contributed by atoms with Crippen LogP contribution in [0.3, 0.4) is 0 Å². The standard InChI is InChI=1S/C21H32N2O4/c1-15(2)23-12-20(11-22(13-21(23)24)17-6-5-7-17)27-14-16-8-18(25-3)10-19(9-16)26-4/h8-10,15,17,20H,5-7,11-14H2,1-4H3. The van der Waals surface area contributed by atoms with Crippen molar-refractivity contribution in [1.29, 1.82) is 0 Å². The lowest BCUT2D eigenvalue weighted by atomic mass is 9.91. The summed E-state index contributed by atoms with van der Waals surface area (Å²) in [5.74, 6) is 1.72. The Morgan fingerprint density at radius 3 is 2.26 bits per heavy atom. The molecule has 1 aliphatic heterocycles. The summed E-state index contributed by atoms with van der Waals surface area (Å²) in [6.45, 7) is 6.57. The highest BCUT2D eigenvalue weighted by Crippen LogP contribution is 2.27. The van der Waals surface area contributed by atoms with Crippen LogP contribution in [-0.4, -0.2) is 67.7 Å². The first-order valence-electron chi connectivity index (χ1n) is 9.87. The maximum atomic E-state index is 12.7. The van der Waals surface area contributed by atoms with E-state index in [-0.39, 0.29) is 18.1 Å². The van der Waals surface area contributed by atoms with Crippen molar-refractivity contribution in [2.75, 3.05) is 33.9 Å². The van der Waals surface area contributed by atoms with Crippen molar-refractivity contribution in [2.24, 2.45) is 0 Å². The number of hydrogen-bond donors (Lipinski definition) is 0. The minimum absolute atomic E-state index is 0.00311. The van der Waals surface area contributed by atoms with Crippen molar-refractivity contribution in [1.82, 2.24) is 9.80 Å². The fourth-order valence-corrected chi connectivity index (χ4v) is 3.77. The van der Waals surface area contributed by atoms with E-state index in [1.807, 2.05) is 23.1 Å². The molecule has 1 saturated heterocycles. The van der Waals surface area contributed by atoms with E-state index >= 15 is 0 Å². The van der Waals surface area contributed by atoms with Crippen molar-refractivity contribution in [2.45, 2.75) is 57.9 Å². The summed E-state index contributed by atoms with van der Waals surface area (Å²) in [5, 5.41) is 0. The molecule has 1 saturated carbocycles. The zero-order valence-electron chi connectivity index (χ0n) is 16.9. The van der Waals surface area contributed by atoms with Gasteiger partial charge in [0.15, 0.2) is 0 Å². The first-order chi connectivity index (χ1) is 13.0. The molecule has 1 amide bonds. The average Bonchev–Trinajstić information content (AvgIpc) is 2.77. The molecule has 1 aromatic rings. The van der Waals surface area contributed by atoms with Gasteiger partial charge in [-0.25, -0.2) is 0 Å². The van der Waals surface area contributed by atoms with Gasteiger partial charge in [-0.15, -0.1) is 0 Å². The summed E-state index contributed by atoms with van der Waals surface area (Å²) in [4.78, 5) is 17.0. The summed E-state index contributed by atoms with van der Waals surface area (Å²) in [5.41, 5.74) is 1.01. The average molecular weight is 376 g/mol. The first kappa shape index (κ1) is 20.0. The number of carbonyl (C=O) groups is 1. The molecular weight excluding hydrogens is 344 g/mol. The third-order valence-corrected chi connectivity index (χ3v) is 5.61. The number of hydrogen-bond acceptors (Lipinski definition) is 5. The van der Waals surface area contributed by atoms with Crippen LogP contribution in [0.5, 0.6) is 11.5 Å². The second-order valence-corrected chi connectivity index (χ2v) is 7.81.